The molecule has 2 rings (SSSR count). The van der Waals surface area contributed by atoms with E-state index in [2.05, 4.69) is 0 Å². The van der Waals surface area contributed by atoms with E-state index in [0.29, 0.717) is 11.7 Å². The molecule has 0 saturated heterocycles. The van der Waals surface area contributed by atoms with Gasteiger partial charge in [0.15, 0.2) is 6.10 Å². The minimum atomic E-state index is -0.942. The van der Waals surface area contributed by atoms with E-state index in [1.165, 1.54) is 31.7 Å². The zero-order chi connectivity index (χ0) is 11.5. The van der Waals surface area contributed by atoms with Crippen LogP contribution in [0.5, 0.6) is 5.75 Å². The Balaban J connectivity index is 1.98. The van der Waals surface area contributed by atoms with Crippen molar-refractivity contribution in [3.05, 3.63) is 29.8 Å². The summed E-state index contributed by atoms with van der Waals surface area (Å²) in [5, 5.41) is 8.71. The molecule has 1 saturated carbocycles. The van der Waals surface area contributed by atoms with Crippen molar-refractivity contribution in [1.82, 2.24) is 0 Å². The highest BCUT2D eigenvalue weighted by atomic mass is 16.5. The second-order valence-corrected chi connectivity index (χ2v) is 4.30. The van der Waals surface area contributed by atoms with Crippen LogP contribution >= 0.6 is 0 Å². The van der Waals surface area contributed by atoms with Crippen molar-refractivity contribution in [3.63, 3.8) is 0 Å². The first kappa shape index (κ1) is 11.0. The van der Waals surface area contributed by atoms with E-state index in [1.54, 1.807) is 0 Å². The van der Waals surface area contributed by atoms with Gasteiger partial charge in [0.05, 0.1) is 0 Å². The van der Waals surface area contributed by atoms with Crippen LogP contribution in [0.15, 0.2) is 24.3 Å². The molecule has 16 heavy (non-hydrogen) atoms. The molecule has 1 aliphatic carbocycles. The fourth-order valence-electron chi connectivity index (χ4n) is 1.81. The number of carboxylic acids is 1. The molecule has 1 N–H and O–H groups in total. The number of hydrogen-bond acceptors (Lipinski definition) is 2. The molecule has 1 fully saturated rings. The molecule has 1 unspecified atom stereocenters. The maximum absolute atomic E-state index is 10.6. The van der Waals surface area contributed by atoms with Gasteiger partial charge in [-0.1, -0.05) is 18.6 Å². The predicted octanol–water partition coefficient (Wildman–Crippen LogP) is 2.81. The van der Waals surface area contributed by atoms with Crippen molar-refractivity contribution in [3.8, 4) is 5.75 Å². The van der Waals surface area contributed by atoms with Gasteiger partial charge in [0.2, 0.25) is 0 Å². The molecule has 1 atom stereocenters. The minimum Gasteiger partial charge on any atom is -0.479 e. The Kier molecular flexibility index (Phi) is 3.13. The van der Waals surface area contributed by atoms with Crippen LogP contribution in [0.25, 0.3) is 0 Å². The van der Waals surface area contributed by atoms with Crippen LogP contribution in [-0.4, -0.2) is 17.2 Å². The highest BCUT2D eigenvalue weighted by Gasteiger charge is 2.19. The van der Waals surface area contributed by atoms with Crippen LogP contribution in [-0.2, 0) is 4.79 Å². The second kappa shape index (κ2) is 4.56. The van der Waals surface area contributed by atoms with Crippen molar-refractivity contribution >= 4 is 5.97 Å². The van der Waals surface area contributed by atoms with Gasteiger partial charge in [-0.25, -0.2) is 4.79 Å². The van der Waals surface area contributed by atoms with Gasteiger partial charge >= 0.3 is 5.97 Å². The molecule has 0 aromatic heterocycles. The third-order valence-corrected chi connectivity index (χ3v) is 3.12. The molecule has 1 aromatic carbocycles. The summed E-state index contributed by atoms with van der Waals surface area (Å²) in [5.74, 6) is 0.381. The van der Waals surface area contributed by atoms with Crippen LogP contribution < -0.4 is 4.74 Å². The van der Waals surface area contributed by atoms with E-state index in [0.717, 1.165) is 0 Å². The van der Waals surface area contributed by atoms with Gasteiger partial charge < -0.3 is 9.84 Å². The average molecular weight is 220 g/mol. The molecule has 3 heteroatoms. The number of hydrogen-bond donors (Lipinski definition) is 1. The minimum absolute atomic E-state index is 0.623. The van der Waals surface area contributed by atoms with E-state index in [4.69, 9.17) is 9.84 Å². The van der Waals surface area contributed by atoms with Crippen LogP contribution in [0.2, 0.25) is 0 Å². The second-order valence-electron chi connectivity index (χ2n) is 4.30. The molecule has 0 radical (unpaired) electrons. The van der Waals surface area contributed by atoms with E-state index in [-0.39, 0.29) is 0 Å². The van der Waals surface area contributed by atoms with Gasteiger partial charge in [-0.15, -0.1) is 0 Å². The average Bonchev–Trinajstić information content (AvgIpc) is 2.18. The first-order valence-corrected chi connectivity index (χ1v) is 5.66. The Hall–Kier alpha value is -1.51. The van der Waals surface area contributed by atoms with E-state index >= 15 is 0 Å². The third kappa shape index (κ3) is 2.35. The molecule has 3 nitrogen and oxygen atoms in total. The lowest BCUT2D eigenvalue weighted by Gasteiger charge is -2.25. The standard InChI is InChI=1S/C13H16O3/c1-9(13(14)15)16-12-7-5-11(6-8-12)10-3-2-4-10/h5-10H,2-4H2,1H3,(H,14,15). The fourth-order valence-corrected chi connectivity index (χ4v) is 1.81. The Morgan fingerprint density at radius 1 is 1.38 bits per heavy atom. The highest BCUT2D eigenvalue weighted by molar-refractivity contribution is 5.72. The van der Waals surface area contributed by atoms with Crippen molar-refractivity contribution < 1.29 is 14.6 Å². The van der Waals surface area contributed by atoms with Gasteiger partial charge in [-0.2, -0.15) is 0 Å². The molecular weight excluding hydrogens is 204 g/mol. The van der Waals surface area contributed by atoms with Gasteiger partial charge in [0.1, 0.15) is 5.75 Å². The van der Waals surface area contributed by atoms with Crippen LogP contribution in [0.3, 0.4) is 0 Å². The zero-order valence-corrected chi connectivity index (χ0v) is 9.35. The third-order valence-electron chi connectivity index (χ3n) is 3.12. The Morgan fingerprint density at radius 3 is 2.44 bits per heavy atom. The Bertz CT molecular complexity index is 365. The monoisotopic (exact) mass is 220 g/mol. The summed E-state index contributed by atoms with van der Waals surface area (Å²) in [6, 6.07) is 7.78. The smallest absolute Gasteiger partial charge is 0.344 e. The quantitative estimate of drug-likeness (QED) is 0.848. The summed E-state index contributed by atoms with van der Waals surface area (Å²) in [5.41, 5.74) is 1.33. The number of ether oxygens (including phenoxy) is 1. The number of carboxylic acid groups (broad SMARTS) is 1. The van der Waals surface area contributed by atoms with Gasteiger partial charge in [-0.3, -0.25) is 0 Å². The first-order valence-electron chi connectivity index (χ1n) is 5.66. The summed E-state index contributed by atoms with van der Waals surface area (Å²) in [7, 11) is 0. The first-order chi connectivity index (χ1) is 7.66. The van der Waals surface area contributed by atoms with Crippen LogP contribution in [0.4, 0.5) is 0 Å². The fraction of sp³-hybridized carbons (Fsp3) is 0.462. The summed E-state index contributed by atoms with van der Waals surface area (Å²) in [6.07, 6.45) is 3.06. The zero-order valence-electron chi connectivity index (χ0n) is 9.35. The van der Waals surface area contributed by atoms with Crippen molar-refractivity contribution in [2.24, 2.45) is 0 Å². The molecule has 0 heterocycles. The molecule has 1 aromatic rings. The normalized spacial score (nSPS) is 17.6. The molecule has 0 amide bonds. The Labute approximate surface area is 95.0 Å². The lowest BCUT2D eigenvalue weighted by molar-refractivity contribution is -0.144. The Morgan fingerprint density at radius 2 is 2.00 bits per heavy atom. The molecule has 0 bridgehead atoms. The highest BCUT2D eigenvalue weighted by Crippen LogP contribution is 2.36. The molecular formula is C13H16O3. The van der Waals surface area contributed by atoms with E-state index in [1.807, 2.05) is 24.3 Å². The molecule has 1 aliphatic rings. The van der Waals surface area contributed by atoms with E-state index in [9.17, 15) is 4.79 Å². The summed E-state index contributed by atoms with van der Waals surface area (Å²) >= 11 is 0. The molecule has 86 valence electrons. The van der Waals surface area contributed by atoms with Crippen LogP contribution in [0.1, 0.15) is 37.7 Å². The van der Waals surface area contributed by atoms with Gasteiger partial charge in [0.25, 0.3) is 0 Å². The van der Waals surface area contributed by atoms with Crippen molar-refractivity contribution in [2.75, 3.05) is 0 Å². The summed E-state index contributed by atoms with van der Waals surface area (Å²) in [6.45, 7) is 1.53. The van der Waals surface area contributed by atoms with Crippen molar-refractivity contribution in [1.29, 1.82) is 0 Å². The summed E-state index contributed by atoms with van der Waals surface area (Å²) < 4.78 is 5.26. The number of aliphatic carboxylic acids is 1. The predicted molar refractivity (Wildman–Crippen MR) is 60.8 cm³/mol. The molecule has 0 aliphatic heterocycles. The maximum atomic E-state index is 10.6. The van der Waals surface area contributed by atoms with Crippen LogP contribution in [0, 0.1) is 0 Å². The molecule has 0 spiro atoms. The lowest BCUT2D eigenvalue weighted by atomic mass is 9.80. The summed E-state index contributed by atoms with van der Waals surface area (Å²) in [4.78, 5) is 10.6. The van der Waals surface area contributed by atoms with Gasteiger partial charge in [-0.05, 0) is 43.4 Å². The number of rotatable bonds is 4. The number of benzene rings is 1. The maximum Gasteiger partial charge on any atom is 0.344 e. The van der Waals surface area contributed by atoms with E-state index < -0.39 is 12.1 Å². The SMILES string of the molecule is CC(Oc1ccc(C2CCC2)cc1)C(=O)O. The van der Waals surface area contributed by atoms with Crippen molar-refractivity contribution in [2.45, 2.75) is 38.2 Å². The number of carbonyl (C=O) groups is 1. The lowest BCUT2D eigenvalue weighted by Crippen LogP contribution is -2.22. The topological polar surface area (TPSA) is 46.5 Å². The van der Waals surface area contributed by atoms with Gasteiger partial charge in [0, 0.05) is 0 Å². The largest absolute Gasteiger partial charge is 0.479 e.